The van der Waals surface area contributed by atoms with E-state index in [0.29, 0.717) is 4.20 Å². The van der Waals surface area contributed by atoms with Gasteiger partial charge in [0.25, 0.3) is 0 Å². The van der Waals surface area contributed by atoms with E-state index in [9.17, 15) is 0 Å². The van der Waals surface area contributed by atoms with Gasteiger partial charge in [0.05, 0.1) is 0 Å². The predicted molar refractivity (Wildman–Crippen MR) is 126 cm³/mol. The van der Waals surface area contributed by atoms with Crippen molar-refractivity contribution < 1.29 is 0 Å². The Balaban J connectivity index is 1.69. The number of rotatable bonds is 4. The van der Waals surface area contributed by atoms with Crippen LogP contribution >= 0.6 is 0 Å². The molecule has 0 saturated heterocycles. The van der Waals surface area contributed by atoms with Crippen molar-refractivity contribution in [2.45, 2.75) is 42.7 Å². The van der Waals surface area contributed by atoms with Crippen LogP contribution in [0, 0.1) is 17.8 Å². The van der Waals surface area contributed by atoms with Crippen molar-refractivity contribution in [1.82, 2.24) is 0 Å². The summed E-state index contributed by atoms with van der Waals surface area (Å²) in [5.41, 5.74) is 0. The van der Waals surface area contributed by atoms with Gasteiger partial charge in [0.2, 0.25) is 0 Å². The normalized spacial score (nSPS) is 31.0. The molecule has 3 aromatic carbocycles. The summed E-state index contributed by atoms with van der Waals surface area (Å²) in [7, 11) is 0. The molecule has 0 heterocycles. The van der Waals surface area contributed by atoms with Gasteiger partial charge in [0.1, 0.15) is 0 Å². The van der Waals surface area contributed by atoms with Crippen LogP contribution in [0.2, 0.25) is 4.20 Å². The molecule has 0 atom stereocenters. The van der Waals surface area contributed by atoms with E-state index in [1.807, 2.05) is 0 Å². The Morgan fingerprint density at radius 3 is 1.10 bits per heavy atom. The van der Waals surface area contributed by atoms with Crippen LogP contribution in [0.4, 0.5) is 0 Å². The van der Waals surface area contributed by atoms with Gasteiger partial charge in [-0.05, 0) is 0 Å². The minimum atomic E-state index is -2.91. The van der Waals surface area contributed by atoms with Crippen LogP contribution in [0.5, 0.6) is 0 Å². The Bertz CT molecular complexity index is 845. The average molecular weight is 442 g/mol. The zero-order valence-corrected chi connectivity index (χ0v) is 19.2. The molecule has 4 saturated carbocycles. The molecule has 0 spiro atoms. The molecule has 7 rings (SSSR count). The second-order valence-corrected chi connectivity index (χ2v) is 19.1. The van der Waals surface area contributed by atoms with Gasteiger partial charge in [-0.1, -0.05) is 0 Å². The Kier molecular flexibility index (Phi) is 4.28. The van der Waals surface area contributed by atoms with Gasteiger partial charge in [-0.25, -0.2) is 0 Å². The quantitative estimate of drug-likeness (QED) is 0.507. The average Bonchev–Trinajstić information content (AvgIpc) is 2.75. The molecule has 1 heteroatoms. The zero-order chi connectivity index (χ0) is 19.3. The summed E-state index contributed by atoms with van der Waals surface area (Å²) in [6.07, 6.45) is 8.94. The van der Waals surface area contributed by atoms with Crippen molar-refractivity contribution in [3.05, 3.63) is 91.0 Å². The fourth-order valence-corrected chi connectivity index (χ4v) is 22.1. The van der Waals surface area contributed by atoms with Gasteiger partial charge < -0.3 is 0 Å². The van der Waals surface area contributed by atoms with E-state index >= 15 is 0 Å². The molecular weight excluding hydrogens is 411 g/mol. The molecule has 4 bridgehead atoms. The Morgan fingerprint density at radius 1 is 0.483 bits per heavy atom. The first-order chi connectivity index (χ1) is 14.3. The summed E-state index contributed by atoms with van der Waals surface area (Å²) >= 11 is -2.91. The Labute approximate surface area is 177 Å². The van der Waals surface area contributed by atoms with E-state index in [1.165, 1.54) is 38.5 Å². The summed E-state index contributed by atoms with van der Waals surface area (Å²) in [6.45, 7) is 0. The van der Waals surface area contributed by atoms with Gasteiger partial charge in [-0.15, -0.1) is 0 Å². The van der Waals surface area contributed by atoms with E-state index < -0.39 is 13.6 Å². The molecule has 4 aliphatic rings. The van der Waals surface area contributed by atoms with E-state index in [1.54, 1.807) is 13.1 Å². The molecule has 0 amide bonds. The van der Waals surface area contributed by atoms with E-state index in [0.717, 1.165) is 17.8 Å². The monoisotopic (exact) mass is 442 g/mol. The van der Waals surface area contributed by atoms with Crippen molar-refractivity contribution >= 4 is 26.6 Å². The van der Waals surface area contributed by atoms with Crippen molar-refractivity contribution in [2.24, 2.45) is 17.8 Å². The maximum atomic E-state index is 2.48. The van der Waals surface area contributed by atoms with Gasteiger partial charge in [-0.3, -0.25) is 0 Å². The first-order valence-electron chi connectivity index (χ1n) is 11.5. The topological polar surface area (TPSA) is 0 Å². The molecule has 3 aromatic rings. The SMILES string of the molecule is c1ccc([AsH](c2ccccc2)(c2ccccc2)C23CC4CC(CC(C4)C2)C3)cc1. The van der Waals surface area contributed by atoms with E-state index in [2.05, 4.69) is 91.0 Å². The first kappa shape index (κ1) is 18.0. The van der Waals surface area contributed by atoms with Crippen LogP contribution in [0.15, 0.2) is 91.0 Å². The molecule has 0 nitrogen and oxygen atoms in total. The Hall–Kier alpha value is -1.78. The van der Waals surface area contributed by atoms with Crippen LogP contribution in [0.1, 0.15) is 38.5 Å². The number of hydrogen-bond donors (Lipinski definition) is 0. The van der Waals surface area contributed by atoms with Crippen molar-refractivity contribution in [2.75, 3.05) is 0 Å². The van der Waals surface area contributed by atoms with Gasteiger partial charge in [0.15, 0.2) is 0 Å². The third kappa shape index (κ3) is 2.65. The summed E-state index contributed by atoms with van der Waals surface area (Å²) in [6, 6.07) is 35.3. The second kappa shape index (κ2) is 6.88. The summed E-state index contributed by atoms with van der Waals surface area (Å²) in [5.74, 6) is 2.92. The summed E-state index contributed by atoms with van der Waals surface area (Å²) in [4.78, 5) is 0. The number of hydrogen-bond acceptors (Lipinski definition) is 0. The maximum absolute atomic E-state index is 2.91. The van der Waals surface area contributed by atoms with E-state index in [4.69, 9.17) is 0 Å². The molecule has 148 valence electrons. The fourth-order valence-electron chi connectivity index (χ4n) is 8.05. The zero-order valence-electron chi connectivity index (χ0n) is 17.1. The van der Waals surface area contributed by atoms with Crippen molar-refractivity contribution in [1.29, 1.82) is 0 Å². The molecule has 0 radical (unpaired) electrons. The Morgan fingerprint density at radius 2 is 0.793 bits per heavy atom. The fraction of sp³-hybridized carbons (Fsp3) is 0.357. The van der Waals surface area contributed by atoms with Gasteiger partial charge >= 0.3 is 178 Å². The van der Waals surface area contributed by atoms with Crippen LogP contribution in [-0.4, -0.2) is 13.6 Å². The van der Waals surface area contributed by atoms with Crippen molar-refractivity contribution in [3.8, 4) is 0 Å². The summed E-state index contributed by atoms with van der Waals surface area (Å²) < 4.78 is 5.53. The molecular formula is C28H31As. The van der Waals surface area contributed by atoms with E-state index in [-0.39, 0.29) is 0 Å². The molecule has 0 unspecified atom stereocenters. The first-order valence-corrected chi connectivity index (χ1v) is 15.7. The van der Waals surface area contributed by atoms with Gasteiger partial charge in [-0.2, -0.15) is 0 Å². The van der Waals surface area contributed by atoms with Crippen LogP contribution in [-0.2, 0) is 0 Å². The van der Waals surface area contributed by atoms with Crippen LogP contribution in [0.3, 0.4) is 0 Å². The molecule has 29 heavy (non-hydrogen) atoms. The molecule has 0 aromatic heterocycles. The van der Waals surface area contributed by atoms with Crippen molar-refractivity contribution in [3.63, 3.8) is 0 Å². The molecule has 0 N–H and O–H groups in total. The minimum absolute atomic E-state index is 0.513. The standard InChI is InChI=1S/C28H31As/c1-4-10-25(11-5-1)29(26-12-6-2-7-13-26,27-14-8-3-9-15-27)28-19-22-16-23(20-28)18-24(17-22)21-28/h1-15,22-24,29H,16-21H2. The van der Waals surface area contributed by atoms with Crippen LogP contribution in [0.25, 0.3) is 0 Å². The van der Waals surface area contributed by atoms with Crippen LogP contribution < -0.4 is 13.1 Å². The van der Waals surface area contributed by atoms with Gasteiger partial charge in [0, 0.05) is 0 Å². The third-order valence-corrected chi connectivity index (χ3v) is 20.6. The molecule has 4 fully saturated rings. The summed E-state index contributed by atoms with van der Waals surface area (Å²) in [5, 5.41) is 0. The number of benzene rings is 3. The molecule has 0 aliphatic heterocycles. The predicted octanol–water partition coefficient (Wildman–Crippen LogP) is 4.86. The molecule has 4 aliphatic carbocycles. The third-order valence-electron chi connectivity index (χ3n) is 8.45. The second-order valence-electron chi connectivity index (χ2n) is 10.0.